The number of hydrogen-bond donors (Lipinski definition) is 2. The first-order valence-electron chi connectivity index (χ1n) is 12.7. The van der Waals surface area contributed by atoms with Crippen LogP contribution in [0.5, 0.6) is 0 Å². The second-order valence-electron chi connectivity index (χ2n) is 10.1. The number of nitrogens with one attached hydrogen (secondary N) is 2. The molecule has 180 valence electrons. The Labute approximate surface area is 200 Å². The summed E-state index contributed by atoms with van der Waals surface area (Å²) in [5.74, 6) is 0.301. The van der Waals surface area contributed by atoms with Crippen molar-refractivity contribution in [2.24, 2.45) is 5.92 Å². The molecule has 2 bridgehead atoms. The number of carbonyl (C=O) groups is 2. The highest BCUT2D eigenvalue weighted by molar-refractivity contribution is 5.87. The lowest BCUT2D eigenvalue weighted by Crippen LogP contribution is -2.57. The van der Waals surface area contributed by atoms with Gasteiger partial charge in [-0.05, 0) is 36.8 Å². The van der Waals surface area contributed by atoms with Crippen LogP contribution in [-0.4, -0.2) is 46.6 Å². The van der Waals surface area contributed by atoms with Gasteiger partial charge in [0.2, 0.25) is 5.91 Å². The first-order chi connectivity index (χ1) is 16.6. The molecule has 3 heterocycles. The van der Waals surface area contributed by atoms with Gasteiger partial charge in [0.25, 0.3) is 5.56 Å². The maximum Gasteiger partial charge on any atom is 0.318 e. The van der Waals surface area contributed by atoms with Crippen molar-refractivity contribution >= 4 is 11.9 Å². The van der Waals surface area contributed by atoms with Crippen molar-refractivity contribution in [1.29, 1.82) is 0 Å². The zero-order valence-corrected chi connectivity index (χ0v) is 19.6. The average molecular weight is 463 g/mol. The third-order valence-electron chi connectivity index (χ3n) is 7.62. The second-order valence-corrected chi connectivity index (χ2v) is 10.1. The van der Waals surface area contributed by atoms with Crippen LogP contribution in [0.15, 0.2) is 53.3 Å². The molecule has 1 aromatic heterocycles. The van der Waals surface area contributed by atoms with Crippen LogP contribution < -0.4 is 16.2 Å². The number of urea groups is 1. The molecule has 34 heavy (non-hydrogen) atoms. The van der Waals surface area contributed by atoms with E-state index < -0.39 is 6.04 Å². The summed E-state index contributed by atoms with van der Waals surface area (Å²) >= 11 is 0. The van der Waals surface area contributed by atoms with Crippen molar-refractivity contribution in [2.45, 2.75) is 69.5 Å². The predicted octanol–water partition coefficient (Wildman–Crippen LogP) is 3.04. The molecule has 3 aliphatic rings. The molecule has 3 amide bonds. The van der Waals surface area contributed by atoms with E-state index in [1.807, 2.05) is 45.9 Å². The van der Waals surface area contributed by atoms with Crippen molar-refractivity contribution in [3.05, 3.63) is 70.1 Å². The lowest BCUT2D eigenvalue weighted by Gasteiger charge is -2.43. The maximum atomic E-state index is 13.4. The van der Waals surface area contributed by atoms with Gasteiger partial charge in [-0.3, -0.25) is 9.59 Å². The van der Waals surface area contributed by atoms with Gasteiger partial charge in [0, 0.05) is 49.8 Å². The van der Waals surface area contributed by atoms with E-state index in [0.29, 0.717) is 26.1 Å². The number of piperidine rings is 1. The Morgan fingerprint density at radius 1 is 0.941 bits per heavy atom. The third-order valence-corrected chi connectivity index (χ3v) is 7.62. The largest absolute Gasteiger partial charge is 0.352 e. The van der Waals surface area contributed by atoms with Crippen LogP contribution in [0.4, 0.5) is 4.79 Å². The molecule has 2 N–H and O–H groups in total. The molecular formula is C27H34N4O3. The van der Waals surface area contributed by atoms with Crippen molar-refractivity contribution < 1.29 is 9.59 Å². The Morgan fingerprint density at radius 3 is 2.53 bits per heavy atom. The Hall–Kier alpha value is -3.09. The molecule has 1 aliphatic carbocycles. The monoisotopic (exact) mass is 462 g/mol. The summed E-state index contributed by atoms with van der Waals surface area (Å²) in [5.41, 5.74) is 2.07. The van der Waals surface area contributed by atoms with Gasteiger partial charge in [-0.1, -0.05) is 55.7 Å². The van der Waals surface area contributed by atoms with Gasteiger partial charge in [-0.15, -0.1) is 0 Å². The van der Waals surface area contributed by atoms with E-state index in [1.54, 1.807) is 12.1 Å². The summed E-state index contributed by atoms with van der Waals surface area (Å²) in [6.07, 6.45) is 6.97. The Bertz CT molecular complexity index is 1080. The minimum Gasteiger partial charge on any atom is -0.352 e. The molecule has 3 atom stereocenters. The molecule has 1 saturated carbocycles. The number of fused-ring (bicyclic) bond motifs is 4. The van der Waals surface area contributed by atoms with Gasteiger partial charge in [-0.2, -0.15) is 0 Å². The van der Waals surface area contributed by atoms with Crippen molar-refractivity contribution in [3.63, 3.8) is 0 Å². The van der Waals surface area contributed by atoms with E-state index in [-0.39, 0.29) is 35.4 Å². The van der Waals surface area contributed by atoms with E-state index in [9.17, 15) is 14.4 Å². The van der Waals surface area contributed by atoms with E-state index in [4.69, 9.17) is 0 Å². The molecule has 0 spiro atoms. The molecular weight excluding hydrogens is 428 g/mol. The summed E-state index contributed by atoms with van der Waals surface area (Å²) in [6.45, 7) is 1.81. The summed E-state index contributed by atoms with van der Waals surface area (Å²) in [5, 5.41) is 6.25. The molecule has 0 unspecified atom stereocenters. The highest BCUT2D eigenvalue weighted by Gasteiger charge is 2.37. The normalized spacial score (nSPS) is 23.0. The number of aromatic nitrogens is 1. The minimum atomic E-state index is -0.617. The van der Waals surface area contributed by atoms with E-state index in [0.717, 1.165) is 43.4 Å². The van der Waals surface area contributed by atoms with E-state index in [1.165, 1.54) is 6.42 Å². The minimum absolute atomic E-state index is 0.0346. The van der Waals surface area contributed by atoms with Gasteiger partial charge in [0.05, 0.1) is 0 Å². The molecule has 7 nitrogen and oxygen atoms in total. The van der Waals surface area contributed by atoms with Crippen molar-refractivity contribution in [2.75, 3.05) is 13.1 Å². The number of hydrogen-bond acceptors (Lipinski definition) is 3. The van der Waals surface area contributed by atoms with Crippen LogP contribution in [0, 0.1) is 5.92 Å². The lowest BCUT2D eigenvalue weighted by atomic mass is 9.83. The molecule has 1 aromatic carbocycles. The van der Waals surface area contributed by atoms with Crippen molar-refractivity contribution in [3.8, 4) is 0 Å². The van der Waals surface area contributed by atoms with Crippen LogP contribution in [0.2, 0.25) is 0 Å². The fraction of sp³-hybridized carbons (Fsp3) is 0.519. The van der Waals surface area contributed by atoms with Gasteiger partial charge in [-0.25, -0.2) is 4.79 Å². The fourth-order valence-corrected chi connectivity index (χ4v) is 5.91. The fourth-order valence-electron chi connectivity index (χ4n) is 5.91. The topological polar surface area (TPSA) is 83.4 Å². The highest BCUT2D eigenvalue weighted by Crippen LogP contribution is 2.34. The molecule has 1 saturated heterocycles. The van der Waals surface area contributed by atoms with Crippen LogP contribution in [0.25, 0.3) is 0 Å². The number of nitrogens with zero attached hydrogens (tertiary/aromatic N) is 2. The highest BCUT2D eigenvalue weighted by atomic mass is 16.2. The van der Waals surface area contributed by atoms with E-state index in [2.05, 4.69) is 10.6 Å². The second kappa shape index (κ2) is 10.0. The predicted molar refractivity (Wildman–Crippen MR) is 131 cm³/mol. The lowest BCUT2D eigenvalue weighted by molar-refractivity contribution is -0.123. The third kappa shape index (κ3) is 5.03. The molecule has 5 rings (SSSR count). The Morgan fingerprint density at radius 2 is 1.74 bits per heavy atom. The number of benzene rings is 1. The molecule has 7 heteroatoms. The summed E-state index contributed by atoms with van der Waals surface area (Å²) in [7, 11) is 0. The zero-order valence-electron chi connectivity index (χ0n) is 19.6. The summed E-state index contributed by atoms with van der Waals surface area (Å²) in [4.78, 5) is 40.8. The molecule has 2 aromatic rings. The molecule has 2 fully saturated rings. The smallest absolute Gasteiger partial charge is 0.318 e. The number of pyridine rings is 1. The summed E-state index contributed by atoms with van der Waals surface area (Å²) in [6, 6.07) is 14.6. The number of rotatable bonds is 5. The summed E-state index contributed by atoms with van der Waals surface area (Å²) < 4.78 is 1.86. The quantitative estimate of drug-likeness (QED) is 0.717. The van der Waals surface area contributed by atoms with Crippen molar-refractivity contribution in [1.82, 2.24) is 20.1 Å². The number of amides is 3. The number of likely N-dealkylation sites (tertiary alicyclic amines) is 1. The molecule has 0 radical (unpaired) electrons. The van der Waals surface area contributed by atoms with Crippen LogP contribution in [0.3, 0.4) is 0 Å². The van der Waals surface area contributed by atoms with Gasteiger partial charge < -0.3 is 20.1 Å². The van der Waals surface area contributed by atoms with Gasteiger partial charge in [0.1, 0.15) is 6.04 Å². The van der Waals surface area contributed by atoms with Crippen LogP contribution >= 0.6 is 0 Å². The van der Waals surface area contributed by atoms with Crippen LogP contribution in [0.1, 0.15) is 55.7 Å². The van der Waals surface area contributed by atoms with Crippen LogP contribution in [-0.2, 0) is 17.8 Å². The Kier molecular flexibility index (Phi) is 6.70. The SMILES string of the molecule is O=C(NC1CCCCC1)[C@H](Cc1ccccc1)NC(=O)N1C[C@H]2C[C@@H](C1)c1cccc(=O)n1C2. The standard InChI is InChI=1S/C27H34N4O3/c32-25-13-7-12-24-21-14-20(17-31(24)25)16-30(18-21)27(34)29-23(15-19-8-3-1-4-9-19)26(33)28-22-10-5-2-6-11-22/h1,3-4,7-9,12-13,20-23H,2,5-6,10-11,14-18H2,(H,28,33)(H,29,34)/t20-,21+,23+/m1/s1. The zero-order chi connectivity index (χ0) is 23.5. The van der Waals surface area contributed by atoms with Gasteiger partial charge in [0.15, 0.2) is 0 Å². The number of carbonyl (C=O) groups excluding carboxylic acids is 2. The molecule has 2 aliphatic heterocycles. The maximum absolute atomic E-state index is 13.4. The Balaban J connectivity index is 1.29. The van der Waals surface area contributed by atoms with Gasteiger partial charge >= 0.3 is 6.03 Å². The first-order valence-corrected chi connectivity index (χ1v) is 12.7. The van der Waals surface area contributed by atoms with E-state index >= 15 is 0 Å². The first kappa shape index (κ1) is 22.7. The average Bonchev–Trinajstić information content (AvgIpc) is 2.85.